The Labute approximate surface area is 182 Å². The van der Waals surface area contributed by atoms with Crippen molar-refractivity contribution in [3.63, 3.8) is 0 Å². The number of hydrogen-bond acceptors (Lipinski definition) is 6. The van der Waals surface area contributed by atoms with E-state index in [1.165, 1.54) is 4.21 Å². The van der Waals surface area contributed by atoms with Crippen LogP contribution in [0.2, 0.25) is 0 Å². The third-order valence-corrected chi connectivity index (χ3v) is 6.04. The summed E-state index contributed by atoms with van der Waals surface area (Å²) in [6, 6.07) is 7.88. The van der Waals surface area contributed by atoms with E-state index in [-0.39, 0.29) is 11.8 Å². The lowest BCUT2D eigenvalue weighted by molar-refractivity contribution is -0.105. The van der Waals surface area contributed by atoms with Crippen LogP contribution in [0.15, 0.2) is 27.8 Å². The minimum absolute atomic E-state index is 0.267. The van der Waals surface area contributed by atoms with E-state index >= 15 is 0 Å². The molecule has 1 amide bonds. The van der Waals surface area contributed by atoms with Crippen LogP contribution < -0.4 is 10.0 Å². The summed E-state index contributed by atoms with van der Waals surface area (Å²) in [6.45, 7) is 11.8. The van der Waals surface area contributed by atoms with Crippen LogP contribution in [0.5, 0.6) is 0 Å². The van der Waals surface area contributed by atoms with E-state index in [4.69, 9.17) is 5.26 Å². The summed E-state index contributed by atoms with van der Waals surface area (Å²) in [5.74, 6) is 0.534. The molecule has 2 aromatic rings. The first-order valence-electron chi connectivity index (χ1n) is 9.48. The van der Waals surface area contributed by atoms with Crippen LogP contribution in [-0.2, 0) is 10.4 Å². The molecule has 2 rings (SSSR count). The maximum Gasteiger partial charge on any atom is 0.211 e. The van der Waals surface area contributed by atoms with Gasteiger partial charge in [0.25, 0.3) is 0 Å². The monoisotopic (exact) mass is 433 g/mol. The van der Waals surface area contributed by atoms with Crippen LogP contribution in [0.1, 0.15) is 75.6 Å². The topological polar surface area (TPSA) is 85.2 Å². The molecule has 0 aliphatic rings. The van der Waals surface area contributed by atoms with Crippen LogP contribution in [0.4, 0.5) is 5.69 Å². The van der Waals surface area contributed by atoms with Crippen molar-refractivity contribution >= 4 is 35.4 Å². The number of rotatable bonds is 7. The Morgan fingerprint density at radius 3 is 2.07 bits per heavy atom. The van der Waals surface area contributed by atoms with E-state index in [0.29, 0.717) is 12.0 Å². The van der Waals surface area contributed by atoms with Crippen molar-refractivity contribution in [2.45, 2.75) is 63.2 Å². The zero-order chi connectivity index (χ0) is 22.2. The molecule has 0 atom stereocenters. The summed E-state index contributed by atoms with van der Waals surface area (Å²) in [5, 5.41) is 23.4. The van der Waals surface area contributed by atoms with Crippen molar-refractivity contribution in [1.29, 1.82) is 5.26 Å². The second-order valence-corrected chi connectivity index (χ2v) is 9.95. The smallest absolute Gasteiger partial charge is 0.211 e. The number of nitrogens with zero attached hydrogens (tertiary/aromatic N) is 1. The molecule has 29 heavy (non-hydrogen) atoms. The van der Waals surface area contributed by atoms with E-state index < -0.39 is 5.60 Å². The van der Waals surface area contributed by atoms with Gasteiger partial charge in [-0.15, -0.1) is 11.3 Å². The summed E-state index contributed by atoms with van der Waals surface area (Å²) in [7, 11) is 1.88. The average Bonchev–Trinajstić information content (AvgIpc) is 3.11. The normalized spacial score (nSPS) is 11.1. The fourth-order valence-corrected chi connectivity index (χ4v) is 4.45. The van der Waals surface area contributed by atoms with Gasteiger partial charge in [-0.3, -0.25) is 9.52 Å². The Hall–Kier alpha value is -1.85. The van der Waals surface area contributed by atoms with Crippen molar-refractivity contribution in [3.8, 4) is 6.07 Å². The van der Waals surface area contributed by atoms with Crippen LogP contribution >= 0.6 is 23.3 Å². The van der Waals surface area contributed by atoms with E-state index in [2.05, 4.69) is 43.8 Å². The SMILES string of the molecule is CC(C)c1cc(C#N)cc(C(C)C)c1NC=O.CNSc1cc(C(C)(C)O)cs1. The zero-order valence-corrected chi connectivity index (χ0v) is 19.8. The fourth-order valence-electron chi connectivity index (χ4n) is 2.68. The van der Waals surface area contributed by atoms with Crippen LogP contribution in [-0.4, -0.2) is 18.6 Å². The number of anilines is 1. The second kappa shape index (κ2) is 11.4. The highest BCUT2D eigenvalue weighted by molar-refractivity contribution is 7.99. The van der Waals surface area contributed by atoms with Gasteiger partial charge in [-0.25, -0.2) is 0 Å². The third kappa shape index (κ3) is 7.48. The average molecular weight is 434 g/mol. The fraction of sp³-hybridized carbons (Fsp3) is 0.455. The van der Waals surface area contributed by atoms with Gasteiger partial charge in [-0.1, -0.05) is 27.7 Å². The van der Waals surface area contributed by atoms with Crippen LogP contribution in [0.3, 0.4) is 0 Å². The summed E-state index contributed by atoms with van der Waals surface area (Å²) in [5.41, 5.74) is 3.78. The molecule has 1 aromatic heterocycles. The minimum atomic E-state index is -0.719. The van der Waals surface area contributed by atoms with E-state index in [1.807, 2.05) is 30.6 Å². The molecular formula is C22H31N3O2S2. The van der Waals surface area contributed by atoms with Crippen molar-refractivity contribution in [2.24, 2.45) is 0 Å². The van der Waals surface area contributed by atoms with E-state index in [9.17, 15) is 9.90 Å². The predicted molar refractivity (Wildman–Crippen MR) is 124 cm³/mol. The molecule has 0 unspecified atom stereocenters. The van der Waals surface area contributed by atoms with Gasteiger partial charge in [0.05, 0.1) is 21.4 Å². The van der Waals surface area contributed by atoms with Crippen molar-refractivity contribution in [3.05, 3.63) is 45.8 Å². The van der Waals surface area contributed by atoms with Gasteiger partial charge in [0.15, 0.2) is 0 Å². The summed E-state index contributed by atoms with van der Waals surface area (Å²) in [4.78, 5) is 10.7. The number of carbonyl (C=O) groups is 1. The van der Waals surface area contributed by atoms with Crippen LogP contribution in [0.25, 0.3) is 0 Å². The number of benzene rings is 1. The Morgan fingerprint density at radius 1 is 1.17 bits per heavy atom. The van der Waals surface area contributed by atoms with Gasteiger partial charge in [0, 0.05) is 5.69 Å². The highest BCUT2D eigenvalue weighted by Crippen LogP contribution is 2.33. The summed E-state index contributed by atoms with van der Waals surface area (Å²) < 4.78 is 4.17. The first-order valence-corrected chi connectivity index (χ1v) is 11.2. The Morgan fingerprint density at radius 2 is 1.72 bits per heavy atom. The maximum absolute atomic E-state index is 10.7. The molecule has 1 heterocycles. The van der Waals surface area contributed by atoms with Gasteiger partial charge >= 0.3 is 0 Å². The lowest BCUT2D eigenvalue weighted by Gasteiger charge is -2.19. The summed E-state index contributed by atoms with van der Waals surface area (Å²) >= 11 is 3.21. The molecule has 0 bridgehead atoms. The van der Waals surface area contributed by atoms with Crippen molar-refractivity contribution in [1.82, 2.24) is 4.72 Å². The standard InChI is InChI=1S/C14H18N2O.C8H13NOS2/c1-9(2)12-5-11(7-15)6-13(10(3)4)14(12)16-8-17;1-8(2,10)6-4-7(11-5-6)12-9-3/h5-6,8-10H,1-4H3,(H,16,17);4-5,9-10H,1-3H3. The molecule has 0 spiro atoms. The first kappa shape index (κ1) is 25.2. The second-order valence-electron chi connectivity index (χ2n) is 7.73. The highest BCUT2D eigenvalue weighted by atomic mass is 32.2. The number of nitrogens with one attached hydrogen (secondary N) is 2. The van der Waals surface area contributed by atoms with E-state index in [1.54, 1.807) is 37.1 Å². The molecule has 0 saturated carbocycles. The first-order chi connectivity index (χ1) is 13.5. The molecule has 0 saturated heterocycles. The Balaban J connectivity index is 0.000000308. The van der Waals surface area contributed by atoms with Gasteiger partial charge in [-0.2, -0.15) is 5.26 Å². The van der Waals surface area contributed by atoms with Gasteiger partial charge in [-0.05, 0) is 84.9 Å². The number of thiophene rings is 1. The Bertz CT molecular complexity index is 817. The number of aliphatic hydroxyl groups is 1. The largest absolute Gasteiger partial charge is 0.386 e. The van der Waals surface area contributed by atoms with Gasteiger partial charge < -0.3 is 10.4 Å². The minimum Gasteiger partial charge on any atom is -0.386 e. The van der Waals surface area contributed by atoms with E-state index in [0.717, 1.165) is 22.4 Å². The highest BCUT2D eigenvalue weighted by Gasteiger charge is 2.17. The van der Waals surface area contributed by atoms with Crippen LogP contribution in [0, 0.1) is 11.3 Å². The van der Waals surface area contributed by atoms with Gasteiger partial charge in [0.1, 0.15) is 0 Å². The molecule has 0 radical (unpaired) electrons. The lowest BCUT2D eigenvalue weighted by atomic mass is 9.90. The molecule has 0 fully saturated rings. The molecule has 5 nitrogen and oxygen atoms in total. The number of amides is 1. The molecular weight excluding hydrogens is 402 g/mol. The van der Waals surface area contributed by atoms with Crippen molar-refractivity contribution < 1.29 is 9.90 Å². The maximum atomic E-state index is 10.7. The zero-order valence-electron chi connectivity index (χ0n) is 18.2. The molecule has 158 valence electrons. The van der Waals surface area contributed by atoms with Gasteiger partial charge in [0.2, 0.25) is 6.41 Å². The Kier molecular flexibility index (Phi) is 9.87. The summed E-state index contributed by atoms with van der Waals surface area (Å²) in [6.07, 6.45) is 0.694. The molecule has 3 N–H and O–H groups in total. The quantitative estimate of drug-likeness (QED) is 0.392. The number of nitriles is 1. The number of hydrogen-bond donors (Lipinski definition) is 3. The molecule has 7 heteroatoms. The van der Waals surface area contributed by atoms with Crippen molar-refractivity contribution in [2.75, 3.05) is 12.4 Å². The molecule has 1 aromatic carbocycles. The lowest BCUT2D eigenvalue weighted by Crippen LogP contribution is -2.13. The molecule has 0 aliphatic carbocycles. The molecule has 0 aliphatic heterocycles. The predicted octanol–water partition coefficient (Wildman–Crippen LogP) is 5.58. The number of carbonyl (C=O) groups excluding carboxylic acids is 1. The third-order valence-electron chi connectivity index (χ3n) is 4.26.